The minimum absolute atomic E-state index is 0.100. The van der Waals surface area contributed by atoms with Crippen LogP contribution in [0.5, 0.6) is 0 Å². The zero-order valence-electron chi connectivity index (χ0n) is 8.75. The number of rotatable bonds is 3. The van der Waals surface area contributed by atoms with Crippen LogP contribution in [0.4, 0.5) is 5.69 Å². The van der Waals surface area contributed by atoms with Gasteiger partial charge in [-0.05, 0) is 24.6 Å². The maximum absolute atomic E-state index is 10.4. The van der Waals surface area contributed by atoms with E-state index in [0.29, 0.717) is 0 Å². The van der Waals surface area contributed by atoms with Gasteiger partial charge in [0.2, 0.25) is 0 Å². The highest BCUT2D eigenvalue weighted by Crippen LogP contribution is 2.25. The van der Waals surface area contributed by atoms with E-state index in [0.717, 1.165) is 9.27 Å². The Morgan fingerprint density at radius 2 is 1.81 bits per heavy atom. The monoisotopic (exact) mass is 274 g/mol. The Bertz CT molecular complexity index is 386. The van der Waals surface area contributed by atoms with Crippen LogP contribution in [0.1, 0.15) is 0 Å². The number of hydrogen-bond donors (Lipinski definition) is 0. The Labute approximate surface area is 107 Å². The standard InChI is InChI=1S/C9H10N2O2S3/c1-14-9(15-2)10-16-8-5-3-7(4-6-8)11(12)13/h3-6H,1-2H3. The Morgan fingerprint density at radius 1 is 1.25 bits per heavy atom. The van der Waals surface area contributed by atoms with Gasteiger partial charge >= 0.3 is 0 Å². The third kappa shape index (κ3) is 4.07. The third-order valence-electron chi connectivity index (χ3n) is 1.62. The molecule has 0 aliphatic heterocycles. The molecule has 4 nitrogen and oxygen atoms in total. The van der Waals surface area contributed by atoms with Crippen molar-refractivity contribution in [1.82, 2.24) is 0 Å². The molecule has 0 N–H and O–H groups in total. The van der Waals surface area contributed by atoms with Crippen LogP contribution in [-0.4, -0.2) is 21.8 Å². The lowest BCUT2D eigenvalue weighted by atomic mass is 10.3. The molecule has 0 amide bonds. The van der Waals surface area contributed by atoms with Crippen LogP contribution >= 0.6 is 35.5 Å². The molecule has 1 aromatic rings. The average Bonchev–Trinajstić information content (AvgIpc) is 2.31. The molecule has 0 atom stereocenters. The molecular formula is C9H10N2O2S3. The fourth-order valence-corrected chi connectivity index (χ4v) is 2.80. The van der Waals surface area contributed by atoms with E-state index in [2.05, 4.69) is 4.40 Å². The van der Waals surface area contributed by atoms with Crippen molar-refractivity contribution < 1.29 is 4.92 Å². The van der Waals surface area contributed by atoms with Crippen molar-refractivity contribution in [1.29, 1.82) is 0 Å². The summed E-state index contributed by atoms with van der Waals surface area (Å²) in [5, 5.41) is 10.4. The molecule has 1 rings (SSSR count). The van der Waals surface area contributed by atoms with Gasteiger partial charge in [0.05, 0.1) is 4.92 Å². The highest BCUT2D eigenvalue weighted by molar-refractivity contribution is 8.38. The van der Waals surface area contributed by atoms with E-state index in [1.807, 2.05) is 12.5 Å². The summed E-state index contributed by atoms with van der Waals surface area (Å²) in [5.74, 6) is 0. The van der Waals surface area contributed by atoms with Crippen LogP contribution in [0.3, 0.4) is 0 Å². The van der Waals surface area contributed by atoms with Crippen LogP contribution in [0, 0.1) is 10.1 Å². The van der Waals surface area contributed by atoms with Crippen LogP contribution in [0.2, 0.25) is 0 Å². The Morgan fingerprint density at radius 3 is 2.25 bits per heavy atom. The number of nitrogens with zero attached hydrogens (tertiary/aromatic N) is 2. The van der Waals surface area contributed by atoms with Gasteiger partial charge < -0.3 is 0 Å². The molecule has 7 heteroatoms. The van der Waals surface area contributed by atoms with E-state index in [1.54, 1.807) is 35.7 Å². The van der Waals surface area contributed by atoms with E-state index >= 15 is 0 Å². The predicted molar refractivity (Wildman–Crippen MR) is 73.4 cm³/mol. The van der Waals surface area contributed by atoms with Gasteiger partial charge in [0.25, 0.3) is 5.69 Å². The summed E-state index contributed by atoms with van der Waals surface area (Å²) in [5.41, 5.74) is 0.100. The van der Waals surface area contributed by atoms with E-state index in [1.165, 1.54) is 24.1 Å². The summed E-state index contributed by atoms with van der Waals surface area (Å²) in [7, 11) is 0. The molecule has 0 aromatic heterocycles. The third-order valence-corrected chi connectivity index (χ3v) is 4.49. The zero-order chi connectivity index (χ0) is 12.0. The predicted octanol–water partition coefficient (Wildman–Crippen LogP) is 3.68. The molecule has 0 aliphatic rings. The Balaban J connectivity index is 2.69. The number of hydrogen-bond acceptors (Lipinski definition) is 6. The molecule has 1 aromatic carbocycles. The van der Waals surface area contributed by atoms with E-state index < -0.39 is 4.92 Å². The number of nitro groups is 1. The molecular weight excluding hydrogens is 264 g/mol. The van der Waals surface area contributed by atoms with Crippen LogP contribution in [0.25, 0.3) is 0 Å². The molecule has 0 saturated heterocycles. The second-order valence-electron chi connectivity index (χ2n) is 2.61. The van der Waals surface area contributed by atoms with E-state index in [4.69, 9.17) is 0 Å². The van der Waals surface area contributed by atoms with Gasteiger partial charge in [0.15, 0.2) is 0 Å². The number of benzene rings is 1. The van der Waals surface area contributed by atoms with Gasteiger partial charge in [-0.2, -0.15) is 4.40 Å². The van der Waals surface area contributed by atoms with Crippen molar-refractivity contribution in [2.75, 3.05) is 12.5 Å². The molecule has 0 unspecified atom stereocenters. The summed E-state index contributed by atoms with van der Waals surface area (Å²) in [6.45, 7) is 0. The quantitative estimate of drug-likeness (QED) is 0.277. The van der Waals surface area contributed by atoms with Gasteiger partial charge in [0.1, 0.15) is 4.38 Å². The molecule has 16 heavy (non-hydrogen) atoms. The highest BCUT2D eigenvalue weighted by Gasteiger charge is 2.04. The minimum atomic E-state index is -0.410. The van der Waals surface area contributed by atoms with E-state index in [-0.39, 0.29) is 5.69 Å². The fourth-order valence-electron chi connectivity index (χ4n) is 0.877. The first-order valence-electron chi connectivity index (χ1n) is 4.25. The normalized spacial score (nSPS) is 9.88. The molecule has 0 aliphatic carbocycles. The number of non-ortho nitro benzene ring substituents is 1. The summed E-state index contributed by atoms with van der Waals surface area (Å²) >= 11 is 4.48. The van der Waals surface area contributed by atoms with Crippen molar-refractivity contribution in [3.05, 3.63) is 34.4 Å². The van der Waals surface area contributed by atoms with Crippen LogP contribution in [0.15, 0.2) is 33.6 Å². The second-order valence-corrected chi connectivity index (χ2v) is 5.29. The molecule has 0 fully saturated rings. The smallest absolute Gasteiger partial charge is 0.258 e. The summed E-state index contributed by atoms with van der Waals surface area (Å²) in [6.07, 6.45) is 3.93. The Kier molecular flexibility index (Phi) is 5.72. The first-order chi connectivity index (χ1) is 7.67. The summed E-state index contributed by atoms with van der Waals surface area (Å²) in [6, 6.07) is 6.36. The van der Waals surface area contributed by atoms with Gasteiger partial charge in [-0.1, -0.05) is 0 Å². The van der Waals surface area contributed by atoms with Crippen molar-refractivity contribution in [2.24, 2.45) is 4.40 Å². The van der Waals surface area contributed by atoms with Gasteiger partial charge in [-0.15, -0.1) is 23.5 Å². The van der Waals surface area contributed by atoms with Gasteiger partial charge in [-0.25, -0.2) is 0 Å². The molecule has 86 valence electrons. The summed E-state index contributed by atoms with van der Waals surface area (Å²) in [4.78, 5) is 10.9. The van der Waals surface area contributed by atoms with Crippen molar-refractivity contribution in [2.45, 2.75) is 4.90 Å². The van der Waals surface area contributed by atoms with Gasteiger partial charge in [-0.3, -0.25) is 10.1 Å². The lowest BCUT2D eigenvalue weighted by Gasteiger charge is -1.98. The van der Waals surface area contributed by atoms with E-state index in [9.17, 15) is 10.1 Å². The molecule has 0 spiro atoms. The van der Waals surface area contributed by atoms with Crippen LogP contribution < -0.4 is 0 Å². The van der Waals surface area contributed by atoms with Crippen LogP contribution in [-0.2, 0) is 0 Å². The molecule has 0 saturated carbocycles. The first-order valence-corrected chi connectivity index (χ1v) is 7.47. The van der Waals surface area contributed by atoms with Crippen molar-refractivity contribution in [3.8, 4) is 0 Å². The van der Waals surface area contributed by atoms with Crippen molar-refractivity contribution in [3.63, 3.8) is 0 Å². The highest BCUT2D eigenvalue weighted by atomic mass is 32.2. The molecule has 0 heterocycles. The number of thioether (sulfide) groups is 2. The first kappa shape index (κ1) is 13.4. The number of nitro benzene ring substituents is 1. The lowest BCUT2D eigenvalue weighted by Crippen LogP contribution is -1.86. The average molecular weight is 274 g/mol. The second kappa shape index (κ2) is 6.82. The largest absolute Gasteiger partial charge is 0.269 e. The van der Waals surface area contributed by atoms with Gasteiger partial charge in [0, 0.05) is 29.0 Å². The molecule has 0 bridgehead atoms. The maximum Gasteiger partial charge on any atom is 0.269 e. The topological polar surface area (TPSA) is 55.5 Å². The Hall–Kier alpha value is -0.660. The molecule has 0 radical (unpaired) electrons. The summed E-state index contributed by atoms with van der Waals surface area (Å²) < 4.78 is 5.27. The zero-order valence-corrected chi connectivity index (χ0v) is 11.2. The maximum atomic E-state index is 10.4. The fraction of sp³-hybridized carbons (Fsp3) is 0.222. The van der Waals surface area contributed by atoms with Crippen molar-refractivity contribution >= 4 is 45.5 Å². The minimum Gasteiger partial charge on any atom is -0.258 e. The lowest BCUT2D eigenvalue weighted by molar-refractivity contribution is -0.384. The SMILES string of the molecule is CSC(=NSc1ccc([N+](=O)[O-])cc1)SC.